The molecule has 7 heteroatoms. The molecular weight excluding hydrogens is 438 g/mol. The average Bonchev–Trinajstić information content (AvgIpc) is 3.31. The third kappa shape index (κ3) is 3.56. The SMILES string of the molecule is O=C1C(=O)N(Cc2ccco2)C(c2ccc(O)cc2)/C1=C(/O)c1ccc(Br)cc1. The van der Waals surface area contributed by atoms with Crippen LogP contribution in [0.25, 0.3) is 5.76 Å². The fraction of sp³-hybridized carbons (Fsp3) is 0.0909. The number of aliphatic hydroxyl groups excluding tert-OH is 1. The summed E-state index contributed by atoms with van der Waals surface area (Å²) in [5, 5.41) is 20.5. The zero-order valence-corrected chi connectivity index (χ0v) is 16.7. The van der Waals surface area contributed by atoms with E-state index in [2.05, 4.69) is 15.9 Å². The molecule has 1 aromatic heterocycles. The molecule has 0 spiro atoms. The van der Waals surface area contributed by atoms with Crippen LogP contribution < -0.4 is 0 Å². The molecule has 3 aromatic rings. The molecule has 1 aliphatic rings. The van der Waals surface area contributed by atoms with E-state index in [1.807, 2.05) is 0 Å². The van der Waals surface area contributed by atoms with Gasteiger partial charge in [0.2, 0.25) is 0 Å². The molecule has 1 unspecified atom stereocenters. The maximum absolute atomic E-state index is 12.9. The van der Waals surface area contributed by atoms with Crippen LogP contribution in [0.4, 0.5) is 0 Å². The Morgan fingerprint density at radius 3 is 2.34 bits per heavy atom. The first-order chi connectivity index (χ1) is 14.0. The van der Waals surface area contributed by atoms with Crippen molar-refractivity contribution >= 4 is 33.4 Å². The van der Waals surface area contributed by atoms with Gasteiger partial charge in [-0.3, -0.25) is 9.59 Å². The van der Waals surface area contributed by atoms with Crippen LogP contribution in [-0.2, 0) is 16.1 Å². The minimum Gasteiger partial charge on any atom is -0.508 e. The maximum Gasteiger partial charge on any atom is 0.296 e. The summed E-state index contributed by atoms with van der Waals surface area (Å²) in [7, 11) is 0. The highest BCUT2D eigenvalue weighted by Crippen LogP contribution is 2.40. The third-order valence-corrected chi connectivity index (χ3v) is 5.30. The first-order valence-corrected chi connectivity index (χ1v) is 9.60. The van der Waals surface area contributed by atoms with Gasteiger partial charge in [0, 0.05) is 10.0 Å². The van der Waals surface area contributed by atoms with Crippen LogP contribution in [-0.4, -0.2) is 26.8 Å². The lowest BCUT2D eigenvalue weighted by atomic mass is 9.95. The van der Waals surface area contributed by atoms with Crippen molar-refractivity contribution in [3.05, 3.63) is 93.9 Å². The summed E-state index contributed by atoms with van der Waals surface area (Å²) in [6, 6.07) is 15.6. The van der Waals surface area contributed by atoms with E-state index >= 15 is 0 Å². The molecule has 0 bridgehead atoms. The fourth-order valence-corrected chi connectivity index (χ4v) is 3.64. The number of phenols is 1. The van der Waals surface area contributed by atoms with E-state index in [1.54, 1.807) is 48.5 Å². The number of benzene rings is 2. The predicted octanol–water partition coefficient (Wildman–Crippen LogP) is 4.37. The summed E-state index contributed by atoms with van der Waals surface area (Å²) in [4.78, 5) is 27.1. The van der Waals surface area contributed by atoms with E-state index < -0.39 is 17.7 Å². The van der Waals surface area contributed by atoms with E-state index in [-0.39, 0.29) is 23.6 Å². The van der Waals surface area contributed by atoms with Crippen molar-refractivity contribution in [2.45, 2.75) is 12.6 Å². The van der Waals surface area contributed by atoms with E-state index in [0.29, 0.717) is 16.9 Å². The standard InChI is InChI=1S/C22H16BrNO5/c23-15-7-3-14(4-8-15)20(26)18-19(13-5-9-16(25)10-6-13)24(22(28)21(18)27)12-17-2-1-11-29-17/h1-11,19,25-26H,12H2/b20-18-. The Morgan fingerprint density at radius 1 is 1.03 bits per heavy atom. The van der Waals surface area contributed by atoms with Crippen LogP contribution >= 0.6 is 15.9 Å². The Bertz CT molecular complexity index is 1090. The summed E-state index contributed by atoms with van der Waals surface area (Å²) in [6.45, 7) is 0.0697. The summed E-state index contributed by atoms with van der Waals surface area (Å²) >= 11 is 3.34. The van der Waals surface area contributed by atoms with Crippen molar-refractivity contribution < 1.29 is 24.2 Å². The number of hydrogen-bond donors (Lipinski definition) is 2. The van der Waals surface area contributed by atoms with Crippen LogP contribution in [0.1, 0.15) is 22.9 Å². The van der Waals surface area contributed by atoms with E-state index in [0.717, 1.165) is 4.47 Å². The van der Waals surface area contributed by atoms with E-state index in [4.69, 9.17) is 4.42 Å². The number of aromatic hydroxyl groups is 1. The molecule has 0 aliphatic carbocycles. The van der Waals surface area contributed by atoms with Gasteiger partial charge in [-0.25, -0.2) is 0 Å². The number of carbonyl (C=O) groups excluding carboxylic acids is 2. The average molecular weight is 454 g/mol. The van der Waals surface area contributed by atoms with Gasteiger partial charge < -0.3 is 19.5 Å². The lowest BCUT2D eigenvalue weighted by molar-refractivity contribution is -0.140. The molecule has 4 rings (SSSR count). The van der Waals surface area contributed by atoms with Gasteiger partial charge in [0.05, 0.1) is 24.4 Å². The Balaban J connectivity index is 1.86. The summed E-state index contributed by atoms with van der Waals surface area (Å²) in [5.41, 5.74) is 1.01. The number of likely N-dealkylation sites (tertiary alicyclic amines) is 1. The first-order valence-electron chi connectivity index (χ1n) is 8.81. The molecular formula is C22H16BrNO5. The van der Waals surface area contributed by atoms with Crippen LogP contribution in [0.5, 0.6) is 5.75 Å². The Labute approximate surface area is 174 Å². The number of nitrogens with zero attached hydrogens (tertiary/aromatic N) is 1. The molecule has 6 nitrogen and oxygen atoms in total. The van der Waals surface area contributed by atoms with Gasteiger partial charge in [-0.1, -0.05) is 40.2 Å². The Hall–Kier alpha value is -3.32. The van der Waals surface area contributed by atoms with Gasteiger partial charge in [0.1, 0.15) is 17.3 Å². The number of hydrogen-bond acceptors (Lipinski definition) is 5. The zero-order valence-electron chi connectivity index (χ0n) is 15.1. The summed E-state index contributed by atoms with van der Waals surface area (Å²) in [5.74, 6) is -1.17. The molecule has 2 aromatic carbocycles. The molecule has 2 N–H and O–H groups in total. The van der Waals surface area contributed by atoms with Gasteiger partial charge in [-0.05, 0) is 42.0 Å². The highest BCUT2D eigenvalue weighted by molar-refractivity contribution is 9.10. The minimum absolute atomic E-state index is 0.00503. The van der Waals surface area contributed by atoms with Crippen molar-refractivity contribution in [2.24, 2.45) is 0 Å². The molecule has 146 valence electrons. The zero-order chi connectivity index (χ0) is 20.5. The second-order valence-electron chi connectivity index (χ2n) is 6.60. The summed E-state index contributed by atoms with van der Waals surface area (Å²) in [6.07, 6.45) is 1.49. The van der Waals surface area contributed by atoms with Gasteiger partial charge in [0.25, 0.3) is 11.7 Å². The van der Waals surface area contributed by atoms with Crippen LogP contribution in [0.3, 0.4) is 0 Å². The van der Waals surface area contributed by atoms with Crippen molar-refractivity contribution in [3.8, 4) is 5.75 Å². The topological polar surface area (TPSA) is 91.0 Å². The number of ketones is 1. The van der Waals surface area contributed by atoms with Gasteiger partial charge in [-0.15, -0.1) is 0 Å². The van der Waals surface area contributed by atoms with Crippen molar-refractivity contribution in [3.63, 3.8) is 0 Å². The smallest absolute Gasteiger partial charge is 0.296 e. The van der Waals surface area contributed by atoms with Gasteiger partial charge in [0.15, 0.2) is 0 Å². The van der Waals surface area contributed by atoms with E-state index in [1.165, 1.54) is 23.3 Å². The van der Waals surface area contributed by atoms with Crippen LogP contribution in [0.2, 0.25) is 0 Å². The molecule has 1 amide bonds. The van der Waals surface area contributed by atoms with Crippen molar-refractivity contribution in [1.29, 1.82) is 0 Å². The number of phenolic OH excluding ortho intramolecular Hbond substituents is 1. The number of carbonyl (C=O) groups is 2. The lowest BCUT2D eigenvalue weighted by Gasteiger charge is -2.24. The predicted molar refractivity (Wildman–Crippen MR) is 109 cm³/mol. The normalized spacial score (nSPS) is 18.4. The highest BCUT2D eigenvalue weighted by Gasteiger charge is 2.46. The highest BCUT2D eigenvalue weighted by atomic mass is 79.9. The van der Waals surface area contributed by atoms with Crippen molar-refractivity contribution in [2.75, 3.05) is 0 Å². The van der Waals surface area contributed by atoms with Crippen LogP contribution in [0.15, 0.2) is 81.4 Å². The number of halogens is 1. The second kappa shape index (κ2) is 7.60. The summed E-state index contributed by atoms with van der Waals surface area (Å²) < 4.78 is 6.17. The van der Waals surface area contributed by atoms with Crippen molar-refractivity contribution in [1.82, 2.24) is 4.90 Å². The molecule has 29 heavy (non-hydrogen) atoms. The molecule has 2 heterocycles. The number of aliphatic hydroxyl groups is 1. The monoisotopic (exact) mass is 453 g/mol. The third-order valence-electron chi connectivity index (χ3n) is 4.77. The molecule has 1 atom stereocenters. The fourth-order valence-electron chi connectivity index (χ4n) is 3.38. The minimum atomic E-state index is -0.815. The number of rotatable bonds is 4. The quantitative estimate of drug-likeness (QED) is 0.347. The lowest BCUT2D eigenvalue weighted by Crippen LogP contribution is -2.29. The Morgan fingerprint density at radius 2 is 1.72 bits per heavy atom. The number of amides is 1. The van der Waals surface area contributed by atoms with E-state index in [9.17, 15) is 19.8 Å². The molecule has 1 aliphatic heterocycles. The van der Waals surface area contributed by atoms with Gasteiger partial charge in [-0.2, -0.15) is 0 Å². The molecule has 0 saturated carbocycles. The van der Waals surface area contributed by atoms with Crippen LogP contribution in [0, 0.1) is 0 Å². The molecule has 0 radical (unpaired) electrons. The first kappa shape index (κ1) is 19.0. The number of furan rings is 1. The second-order valence-corrected chi connectivity index (χ2v) is 7.52. The largest absolute Gasteiger partial charge is 0.508 e. The van der Waals surface area contributed by atoms with Gasteiger partial charge >= 0.3 is 0 Å². The number of Topliss-reactive ketones (excluding diaryl/α,β-unsaturated/α-hetero) is 1. The maximum atomic E-state index is 12.9. The molecule has 1 fully saturated rings. The Kier molecular flexibility index (Phi) is 4.98. The molecule has 1 saturated heterocycles.